The topological polar surface area (TPSA) is 75.7 Å². The van der Waals surface area contributed by atoms with Crippen molar-refractivity contribution in [3.63, 3.8) is 0 Å². The van der Waals surface area contributed by atoms with Crippen molar-refractivity contribution >= 4 is 77.4 Å². The monoisotopic (exact) mass is 598 g/mol. The van der Waals surface area contributed by atoms with Crippen LogP contribution >= 0.6 is 47.8 Å². The molecule has 156 valence electrons. The number of carbonyl (C=O) groups excluding carboxylic acids is 3. The van der Waals surface area contributed by atoms with Gasteiger partial charge in [0.25, 0.3) is 11.8 Å². The van der Waals surface area contributed by atoms with Gasteiger partial charge in [-0.15, -0.1) is 0 Å². The van der Waals surface area contributed by atoms with E-state index in [2.05, 4.69) is 53.1 Å². The zero-order chi connectivity index (χ0) is 22.0. The van der Waals surface area contributed by atoms with Crippen LogP contribution in [0.15, 0.2) is 55.4 Å². The van der Waals surface area contributed by atoms with E-state index in [1.165, 1.54) is 6.08 Å². The second-order valence-electron chi connectivity index (χ2n) is 6.95. The van der Waals surface area contributed by atoms with Gasteiger partial charge in [-0.05, 0) is 64.3 Å². The number of hydrogen-bond donors (Lipinski definition) is 1. The first-order chi connectivity index (χ1) is 14.2. The molecule has 9 heteroatoms. The molecule has 1 N–H and O–H groups in total. The van der Waals surface area contributed by atoms with Gasteiger partial charge in [0, 0.05) is 14.5 Å². The maximum absolute atomic E-state index is 13.1. The summed E-state index contributed by atoms with van der Waals surface area (Å²) in [6.07, 6.45) is 1.43. The van der Waals surface area contributed by atoms with Gasteiger partial charge in [-0.2, -0.15) is 0 Å². The highest BCUT2D eigenvalue weighted by Crippen LogP contribution is 2.35. The molecular formula is C21H17Br3N2O4. The Morgan fingerprint density at radius 2 is 1.70 bits per heavy atom. The predicted molar refractivity (Wildman–Crippen MR) is 125 cm³/mol. The van der Waals surface area contributed by atoms with E-state index in [-0.39, 0.29) is 11.5 Å². The van der Waals surface area contributed by atoms with E-state index in [4.69, 9.17) is 4.74 Å². The molecule has 3 rings (SSSR count). The minimum Gasteiger partial charge on any atom is -0.492 e. The third-order valence-electron chi connectivity index (χ3n) is 4.08. The number of amides is 4. The number of urea groups is 1. The Morgan fingerprint density at radius 1 is 1.03 bits per heavy atom. The number of hydrogen-bond acceptors (Lipinski definition) is 4. The van der Waals surface area contributed by atoms with Crippen LogP contribution in [0.1, 0.15) is 19.4 Å². The van der Waals surface area contributed by atoms with E-state index in [9.17, 15) is 14.4 Å². The molecule has 1 heterocycles. The Balaban J connectivity index is 2.05. The van der Waals surface area contributed by atoms with E-state index in [1.54, 1.807) is 30.3 Å². The Morgan fingerprint density at radius 3 is 2.33 bits per heavy atom. The van der Waals surface area contributed by atoms with Crippen LogP contribution in [0, 0.1) is 5.92 Å². The fourth-order valence-electron chi connectivity index (χ4n) is 2.73. The number of ether oxygens (including phenoxy) is 1. The Hall–Kier alpha value is -1.97. The summed E-state index contributed by atoms with van der Waals surface area (Å²) in [6, 6.07) is 9.41. The normalized spacial score (nSPS) is 15.7. The summed E-state index contributed by atoms with van der Waals surface area (Å²) in [6.45, 7) is 4.50. The lowest BCUT2D eigenvalue weighted by Crippen LogP contribution is -2.54. The number of rotatable bonds is 5. The highest BCUT2D eigenvalue weighted by Gasteiger charge is 2.37. The average molecular weight is 601 g/mol. The predicted octanol–water partition coefficient (Wildman–Crippen LogP) is 5.68. The number of halogens is 3. The minimum atomic E-state index is -0.795. The van der Waals surface area contributed by atoms with Gasteiger partial charge in [0.1, 0.15) is 11.3 Å². The van der Waals surface area contributed by atoms with Crippen molar-refractivity contribution in [2.75, 3.05) is 11.5 Å². The molecule has 0 radical (unpaired) electrons. The van der Waals surface area contributed by atoms with Crippen LogP contribution in [0.4, 0.5) is 10.5 Å². The molecule has 0 unspecified atom stereocenters. The Labute approximate surface area is 199 Å². The van der Waals surface area contributed by atoms with Gasteiger partial charge >= 0.3 is 6.03 Å². The zero-order valence-corrected chi connectivity index (χ0v) is 20.8. The van der Waals surface area contributed by atoms with Crippen LogP contribution in [0.5, 0.6) is 5.75 Å². The molecule has 2 aromatic rings. The van der Waals surface area contributed by atoms with Crippen LogP contribution in [0.25, 0.3) is 6.08 Å². The largest absolute Gasteiger partial charge is 0.492 e. The number of carbonyl (C=O) groups is 3. The zero-order valence-electron chi connectivity index (χ0n) is 16.0. The van der Waals surface area contributed by atoms with Crippen molar-refractivity contribution in [1.82, 2.24) is 5.32 Å². The molecular weight excluding hydrogens is 584 g/mol. The van der Waals surface area contributed by atoms with Gasteiger partial charge in [-0.3, -0.25) is 14.9 Å². The van der Waals surface area contributed by atoms with Gasteiger partial charge in [-0.1, -0.05) is 45.7 Å². The van der Waals surface area contributed by atoms with E-state index < -0.39 is 17.8 Å². The molecule has 0 atom stereocenters. The van der Waals surface area contributed by atoms with Crippen LogP contribution in [0.3, 0.4) is 0 Å². The fraction of sp³-hybridized carbons (Fsp3) is 0.190. The summed E-state index contributed by atoms with van der Waals surface area (Å²) in [5, 5.41) is 2.23. The smallest absolute Gasteiger partial charge is 0.335 e. The van der Waals surface area contributed by atoms with Crippen molar-refractivity contribution in [3.8, 4) is 5.75 Å². The quantitative estimate of drug-likeness (QED) is 0.354. The molecule has 1 fully saturated rings. The molecule has 0 aliphatic carbocycles. The van der Waals surface area contributed by atoms with Crippen LogP contribution in [0.2, 0.25) is 0 Å². The summed E-state index contributed by atoms with van der Waals surface area (Å²) in [4.78, 5) is 38.8. The molecule has 30 heavy (non-hydrogen) atoms. The molecule has 6 nitrogen and oxygen atoms in total. The minimum absolute atomic E-state index is 0.170. The van der Waals surface area contributed by atoms with E-state index in [0.717, 1.165) is 13.8 Å². The van der Waals surface area contributed by atoms with Gasteiger partial charge in [0.15, 0.2) is 0 Å². The number of benzene rings is 2. The molecule has 0 spiro atoms. The number of imide groups is 2. The van der Waals surface area contributed by atoms with E-state index >= 15 is 0 Å². The Kier molecular flexibility index (Phi) is 7.15. The lowest BCUT2D eigenvalue weighted by atomic mass is 10.1. The second-order valence-corrected chi connectivity index (χ2v) is 9.63. The van der Waals surface area contributed by atoms with Gasteiger partial charge in [-0.25, -0.2) is 9.69 Å². The third kappa shape index (κ3) is 5.01. The lowest BCUT2D eigenvalue weighted by Gasteiger charge is -2.26. The van der Waals surface area contributed by atoms with Crippen LogP contribution in [-0.4, -0.2) is 24.5 Å². The van der Waals surface area contributed by atoms with Crippen molar-refractivity contribution in [1.29, 1.82) is 0 Å². The molecule has 1 aliphatic heterocycles. The van der Waals surface area contributed by atoms with Crippen molar-refractivity contribution in [3.05, 3.63) is 61.0 Å². The summed E-state index contributed by atoms with van der Waals surface area (Å²) >= 11 is 10.2. The SMILES string of the molecule is CC(C)COc1c(Br)cc(Br)cc1/C=C1\C(=O)NC(=O)N(c2ccc(Br)cc2)C1=O. The molecule has 0 saturated carbocycles. The Bertz CT molecular complexity index is 1050. The maximum Gasteiger partial charge on any atom is 0.335 e. The first kappa shape index (κ1) is 22.7. The molecule has 4 amide bonds. The molecule has 2 aromatic carbocycles. The summed E-state index contributed by atoms with van der Waals surface area (Å²) in [5.41, 5.74) is 0.711. The van der Waals surface area contributed by atoms with E-state index in [1.807, 2.05) is 19.9 Å². The van der Waals surface area contributed by atoms with Crippen LogP contribution in [-0.2, 0) is 9.59 Å². The molecule has 1 saturated heterocycles. The summed E-state index contributed by atoms with van der Waals surface area (Å²) in [7, 11) is 0. The molecule has 0 aromatic heterocycles. The fourth-order valence-corrected chi connectivity index (χ4v) is 4.36. The standard InChI is InChI=1S/C21H17Br3N2O4/c1-11(2)10-30-18-12(7-14(23)9-17(18)24)8-16-19(27)25-21(29)26(20(16)28)15-5-3-13(22)4-6-15/h3-9,11H,10H2,1-2H3,(H,25,27,29)/b16-8+. The highest BCUT2D eigenvalue weighted by molar-refractivity contribution is 9.11. The van der Waals surface area contributed by atoms with Gasteiger partial charge in [0.2, 0.25) is 0 Å². The first-order valence-electron chi connectivity index (χ1n) is 8.96. The van der Waals surface area contributed by atoms with Crippen molar-refractivity contribution < 1.29 is 19.1 Å². The van der Waals surface area contributed by atoms with Crippen molar-refractivity contribution in [2.45, 2.75) is 13.8 Å². The number of anilines is 1. The maximum atomic E-state index is 13.1. The summed E-state index contributed by atoms with van der Waals surface area (Å²) < 4.78 is 8.11. The van der Waals surface area contributed by atoms with Gasteiger partial charge in [0.05, 0.1) is 16.8 Å². The first-order valence-corrected chi connectivity index (χ1v) is 11.3. The number of nitrogens with zero attached hydrogens (tertiary/aromatic N) is 1. The van der Waals surface area contributed by atoms with Crippen molar-refractivity contribution in [2.24, 2.45) is 5.92 Å². The highest BCUT2D eigenvalue weighted by atomic mass is 79.9. The second kappa shape index (κ2) is 9.45. The molecule has 1 aliphatic rings. The van der Waals surface area contributed by atoms with Crippen LogP contribution < -0.4 is 15.0 Å². The lowest BCUT2D eigenvalue weighted by molar-refractivity contribution is -0.122. The summed E-state index contributed by atoms with van der Waals surface area (Å²) in [5.74, 6) is -0.681. The number of barbiturate groups is 1. The number of nitrogens with one attached hydrogen (secondary N) is 1. The van der Waals surface area contributed by atoms with E-state index in [0.29, 0.717) is 28.1 Å². The third-order valence-corrected chi connectivity index (χ3v) is 5.66. The average Bonchev–Trinajstić information content (AvgIpc) is 2.65. The van der Waals surface area contributed by atoms with Gasteiger partial charge < -0.3 is 4.74 Å². The molecule has 0 bridgehead atoms.